The largest absolute Gasteiger partial charge is 0.477 e. The average molecular weight is 226 g/mol. The third kappa shape index (κ3) is 1.61. The van der Waals surface area contributed by atoms with Gasteiger partial charge in [-0.3, -0.25) is 0 Å². The van der Waals surface area contributed by atoms with Crippen LogP contribution < -0.4 is 5.32 Å². The molecule has 1 aromatic rings. The number of hydrogen-bond donors (Lipinski definition) is 2. The first-order chi connectivity index (χ1) is 7.18. The van der Waals surface area contributed by atoms with Crippen molar-refractivity contribution in [1.82, 2.24) is 10.5 Å². The minimum Gasteiger partial charge on any atom is -0.477 e. The molecule has 0 aromatic carbocycles. The topological polar surface area (TPSA) is 75.4 Å². The van der Waals surface area contributed by atoms with Crippen LogP contribution >= 0.6 is 11.8 Å². The number of rotatable bonds is 3. The summed E-state index contributed by atoms with van der Waals surface area (Å²) in [6.45, 7) is 1.96. The van der Waals surface area contributed by atoms with Gasteiger partial charge in [0.2, 0.25) is 0 Å². The van der Waals surface area contributed by atoms with Gasteiger partial charge in [-0.05, 0) is 6.42 Å². The second-order valence-electron chi connectivity index (χ2n) is 3.14. The maximum atomic E-state index is 10.8. The standard InChI is InChI=1S/C9H10N2O3S/c1-2-9(7-3-4-10-14-7)11-6(5-15-9)8(12)13/h3-5,11H,2H2,1H3,(H,12,13). The predicted molar refractivity (Wildman–Crippen MR) is 54.9 cm³/mol. The van der Waals surface area contributed by atoms with Gasteiger partial charge in [0.25, 0.3) is 0 Å². The van der Waals surface area contributed by atoms with Crippen LogP contribution in [0.5, 0.6) is 0 Å². The van der Waals surface area contributed by atoms with Gasteiger partial charge in [0, 0.05) is 11.5 Å². The quantitative estimate of drug-likeness (QED) is 0.813. The molecule has 2 N–H and O–H groups in total. The molecule has 1 aromatic heterocycles. The van der Waals surface area contributed by atoms with Gasteiger partial charge in [0.05, 0.1) is 6.20 Å². The lowest BCUT2D eigenvalue weighted by molar-refractivity contribution is -0.133. The molecule has 0 spiro atoms. The van der Waals surface area contributed by atoms with Crippen molar-refractivity contribution >= 4 is 17.7 Å². The Labute approximate surface area is 90.5 Å². The molecular formula is C9H10N2O3S. The molecule has 15 heavy (non-hydrogen) atoms. The van der Waals surface area contributed by atoms with Gasteiger partial charge >= 0.3 is 5.97 Å². The number of nitrogens with one attached hydrogen (secondary N) is 1. The smallest absolute Gasteiger partial charge is 0.352 e. The zero-order valence-electron chi connectivity index (χ0n) is 8.06. The van der Waals surface area contributed by atoms with E-state index < -0.39 is 10.8 Å². The van der Waals surface area contributed by atoms with Gasteiger partial charge in [0.1, 0.15) is 10.6 Å². The minimum absolute atomic E-state index is 0.193. The van der Waals surface area contributed by atoms with Gasteiger partial charge < -0.3 is 14.9 Å². The van der Waals surface area contributed by atoms with Crippen molar-refractivity contribution in [2.45, 2.75) is 18.2 Å². The zero-order chi connectivity index (χ0) is 10.9. The third-order valence-electron chi connectivity index (χ3n) is 2.28. The lowest BCUT2D eigenvalue weighted by Crippen LogP contribution is -2.35. The SMILES string of the molecule is CCC1(c2ccno2)NC(C(=O)O)=CS1. The first kappa shape index (κ1) is 10.1. The number of carbonyl (C=O) groups is 1. The normalized spacial score (nSPS) is 24.7. The molecule has 0 aliphatic carbocycles. The van der Waals surface area contributed by atoms with Crippen LogP contribution in [0.4, 0.5) is 0 Å². The van der Waals surface area contributed by atoms with Gasteiger partial charge in [-0.1, -0.05) is 23.8 Å². The van der Waals surface area contributed by atoms with Gasteiger partial charge in [-0.2, -0.15) is 0 Å². The second-order valence-corrected chi connectivity index (χ2v) is 4.31. The number of hydrogen-bond acceptors (Lipinski definition) is 5. The van der Waals surface area contributed by atoms with Crippen molar-refractivity contribution in [3.05, 3.63) is 29.1 Å². The molecule has 0 amide bonds. The highest BCUT2D eigenvalue weighted by Gasteiger charge is 2.40. The molecule has 0 radical (unpaired) electrons. The Morgan fingerprint density at radius 1 is 1.80 bits per heavy atom. The van der Waals surface area contributed by atoms with Crippen LogP contribution in [-0.2, 0) is 9.67 Å². The minimum atomic E-state index is -0.961. The highest BCUT2D eigenvalue weighted by atomic mass is 32.2. The van der Waals surface area contributed by atoms with E-state index in [0.717, 1.165) is 0 Å². The van der Waals surface area contributed by atoms with E-state index in [0.29, 0.717) is 12.2 Å². The molecular weight excluding hydrogens is 216 g/mol. The number of carboxylic acids is 1. The maximum Gasteiger partial charge on any atom is 0.352 e. The Balaban J connectivity index is 2.26. The average Bonchev–Trinajstić information content (AvgIpc) is 2.87. The fourth-order valence-electron chi connectivity index (χ4n) is 1.43. The maximum absolute atomic E-state index is 10.8. The fraction of sp³-hybridized carbons (Fsp3) is 0.333. The molecule has 0 bridgehead atoms. The van der Waals surface area contributed by atoms with Crippen LogP contribution in [0.2, 0.25) is 0 Å². The van der Waals surface area contributed by atoms with Crippen LogP contribution in [-0.4, -0.2) is 16.2 Å². The van der Waals surface area contributed by atoms with Crippen LogP contribution in [0.15, 0.2) is 27.9 Å². The number of carboxylic acid groups (broad SMARTS) is 1. The van der Waals surface area contributed by atoms with Gasteiger partial charge in [0.15, 0.2) is 5.76 Å². The van der Waals surface area contributed by atoms with E-state index in [9.17, 15) is 4.79 Å². The first-order valence-electron chi connectivity index (χ1n) is 4.48. The van der Waals surface area contributed by atoms with Crippen molar-refractivity contribution in [2.24, 2.45) is 0 Å². The van der Waals surface area contributed by atoms with Crippen molar-refractivity contribution in [2.75, 3.05) is 0 Å². The van der Waals surface area contributed by atoms with Gasteiger partial charge in [-0.25, -0.2) is 4.79 Å². The van der Waals surface area contributed by atoms with Crippen LogP contribution in [0.25, 0.3) is 0 Å². The Morgan fingerprint density at radius 2 is 2.60 bits per heavy atom. The predicted octanol–water partition coefficient (Wildman–Crippen LogP) is 1.50. The highest BCUT2D eigenvalue weighted by molar-refractivity contribution is 8.03. The molecule has 1 aliphatic heterocycles. The Bertz CT molecular complexity index is 401. The van der Waals surface area contributed by atoms with E-state index in [4.69, 9.17) is 9.63 Å². The lowest BCUT2D eigenvalue weighted by atomic mass is 10.1. The summed E-state index contributed by atoms with van der Waals surface area (Å²) in [6.07, 6.45) is 2.26. The Morgan fingerprint density at radius 3 is 3.07 bits per heavy atom. The summed E-state index contributed by atoms with van der Waals surface area (Å²) >= 11 is 1.40. The summed E-state index contributed by atoms with van der Waals surface area (Å²) in [4.78, 5) is 10.3. The molecule has 0 saturated carbocycles. The van der Waals surface area contributed by atoms with E-state index in [2.05, 4.69) is 10.5 Å². The highest BCUT2D eigenvalue weighted by Crippen LogP contribution is 2.43. The van der Waals surface area contributed by atoms with Crippen LogP contribution in [0.3, 0.4) is 0 Å². The number of nitrogens with zero attached hydrogens (tertiary/aromatic N) is 1. The summed E-state index contributed by atoms with van der Waals surface area (Å²) in [5.74, 6) is -0.320. The second kappa shape index (κ2) is 3.62. The number of aromatic nitrogens is 1. The van der Waals surface area contributed by atoms with E-state index in [1.54, 1.807) is 17.7 Å². The molecule has 6 heteroatoms. The number of thioether (sulfide) groups is 1. The fourth-order valence-corrected chi connectivity index (χ4v) is 2.47. The third-order valence-corrected chi connectivity index (χ3v) is 3.63. The van der Waals surface area contributed by atoms with Gasteiger partial charge in [-0.15, -0.1) is 0 Å². The molecule has 1 atom stereocenters. The van der Waals surface area contributed by atoms with E-state index in [-0.39, 0.29) is 5.70 Å². The van der Waals surface area contributed by atoms with Crippen LogP contribution in [0.1, 0.15) is 19.1 Å². The molecule has 0 fully saturated rings. The van der Waals surface area contributed by atoms with E-state index >= 15 is 0 Å². The molecule has 80 valence electrons. The Hall–Kier alpha value is -1.43. The van der Waals surface area contributed by atoms with Crippen LogP contribution in [0, 0.1) is 0 Å². The molecule has 1 unspecified atom stereocenters. The van der Waals surface area contributed by atoms with E-state index in [1.165, 1.54) is 11.8 Å². The summed E-state index contributed by atoms with van der Waals surface area (Å²) in [7, 11) is 0. The van der Waals surface area contributed by atoms with Crippen molar-refractivity contribution < 1.29 is 14.4 Å². The molecule has 0 saturated heterocycles. The first-order valence-corrected chi connectivity index (χ1v) is 5.36. The summed E-state index contributed by atoms with van der Waals surface area (Å²) < 4.78 is 5.08. The monoisotopic (exact) mass is 226 g/mol. The van der Waals surface area contributed by atoms with E-state index in [1.807, 2.05) is 6.92 Å². The molecule has 5 nitrogen and oxygen atoms in total. The Kier molecular flexibility index (Phi) is 2.44. The van der Waals surface area contributed by atoms with Crippen molar-refractivity contribution in [1.29, 1.82) is 0 Å². The number of aliphatic carboxylic acids is 1. The summed E-state index contributed by atoms with van der Waals surface area (Å²) in [5, 5.41) is 17.0. The summed E-state index contributed by atoms with van der Waals surface area (Å²) in [6, 6.07) is 1.74. The summed E-state index contributed by atoms with van der Waals surface area (Å²) in [5.41, 5.74) is 0.193. The lowest BCUT2D eigenvalue weighted by Gasteiger charge is -2.24. The van der Waals surface area contributed by atoms with Crippen molar-refractivity contribution in [3.8, 4) is 0 Å². The molecule has 2 rings (SSSR count). The molecule has 1 aliphatic rings. The molecule has 2 heterocycles. The van der Waals surface area contributed by atoms with Crippen molar-refractivity contribution in [3.63, 3.8) is 0 Å². The zero-order valence-corrected chi connectivity index (χ0v) is 8.87.